The number of rotatable bonds is 6. The highest BCUT2D eigenvalue weighted by atomic mass is 16.5. The Labute approximate surface area is 131 Å². The van der Waals surface area contributed by atoms with Crippen LogP contribution in [0.3, 0.4) is 0 Å². The van der Waals surface area contributed by atoms with E-state index in [1.807, 2.05) is 28.9 Å². The van der Waals surface area contributed by atoms with Crippen LogP contribution in [-0.4, -0.2) is 28.7 Å². The second-order valence-corrected chi connectivity index (χ2v) is 6.09. The van der Waals surface area contributed by atoms with Crippen molar-refractivity contribution in [3.63, 3.8) is 0 Å². The van der Waals surface area contributed by atoms with Gasteiger partial charge < -0.3 is 15.2 Å². The summed E-state index contributed by atoms with van der Waals surface area (Å²) >= 11 is 0. The molecular formula is C16H24N4O2. The third-order valence-electron chi connectivity index (χ3n) is 3.34. The Kier molecular flexibility index (Phi) is 5.03. The van der Waals surface area contributed by atoms with Crippen molar-refractivity contribution in [1.29, 1.82) is 0 Å². The van der Waals surface area contributed by atoms with Crippen LogP contribution in [0.15, 0.2) is 24.3 Å². The summed E-state index contributed by atoms with van der Waals surface area (Å²) in [6.07, 6.45) is 0. The molecule has 120 valence electrons. The van der Waals surface area contributed by atoms with E-state index >= 15 is 0 Å². The van der Waals surface area contributed by atoms with Gasteiger partial charge in [-0.1, -0.05) is 26.0 Å². The maximum absolute atomic E-state index is 5.75. The van der Waals surface area contributed by atoms with Crippen LogP contribution in [0.4, 0.5) is 0 Å². The van der Waals surface area contributed by atoms with Crippen molar-refractivity contribution in [1.82, 2.24) is 15.0 Å². The highest BCUT2D eigenvalue weighted by Gasteiger charge is 2.24. The molecule has 6 nitrogen and oxygen atoms in total. The van der Waals surface area contributed by atoms with Gasteiger partial charge in [0, 0.05) is 12.0 Å². The molecule has 0 atom stereocenters. The zero-order valence-corrected chi connectivity index (χ0v) is 13.7. The summed E-state index contributed by atoms with van der Waals surface area (Å²) in [7, 11) is 1.64. The molecule has 0 aliphatic heterocycles. The van der Waals surface area contributed by atoms with Crippen LogP contribution in [0.5, 0.6) is 11.5 Å². The molecule has 1 heterocycles. The average molecular weight is 304 g/mol. The lowest BCUT2D eigenvalue weighted by Crippen LogP contribution is -2.23. The third kappa shape index (κ3) is 3.76. The lowest BCUT2D eigenvalue weighted by Gasteiger charge is -2.21. The van der Waals surface area contributed by atoms with Crippen LogP contribution < -0.4 is 15.2 Å². The summed E-state index contributed by atoms with van der Waals surface area (Å²) in [6, 6.07) is 7.52. The first-order valence-corrected chi connectivity index (χ1v) is 7.35. The van der Waals surface area contributed by atoms with Crippen LogP contribution in [0.1, 0.15) is 32.2 Å². The van der Waals surface area contributed by atoms with E-state index in [0.717, 1.165) is 22.9 Å². The summed E-state index contributed by atoms with van der Waals surface area (Å²) in [5.74, 6) is 1.61. The second-order valence-electron chi connectivity index (χ2n) is 6.09. The van der Waals surface area contributed by atoms with Crippen molar-refractivity contribution < 1.29 is 9.47 Å². The molecule has 0 amide bonds. The highest BCUT2D eigenvalue weighted by molar-refractivity contribution is 5.31. The van der Waals surface area contributed by atoms with Crippen molar-refractivity contribution in [3.05, 3.63) is 35.7 Å². The molecule has 1 aromatic heterocycles. The zero-order valence-electron chi connectivity index (χ0n) is 13.7. The van der Waals surface area contributed by atoms with Crippen LogP contribution >= 0.6 is 0 Å². The normalized spacial score (nSPS) is 11.5. The van der Waals surface area contributed by atoms with Crippen molar-refractivity contribution in [2.75, 3.05) is 13.7 Å². The SMILES string of the molecule is COc1ccc(OCCn2nnc(CN)c2C(C)(C)C)cc1. The lowest BCUT2D eigenvalue weighted by molar-refractivity contribution is 0.283. The fourth-order valence-corrected chi connectivity index (χ4v) is 2.39. The topological polar surface area (TPSA) is 75.2 Å². The van der Waals surface area contributed by atoms with E-state index < -0.39 is 0 Å². The maximum Gasteiger partial charge on any atom is 0.119 e. The van der Waals surface area contributed by atoms with Gasteiger partial charge in [0.05, 0.1) is 25.0 Å². The Morgan fingerprint density at radius 3 is 2.32 bits per heavy atom. The largest absolute Gasteiger partial charge is 0.497 e. The number of methoxy groups -OCH3 is 1. The first-order chi connectivity index (χ1) is 10.5. The van der Waals surface area contributed by atoms with Gasteiger partial charge in [-0.05, 0) is 24.3 Å². The van der Waals surface area contributed by atoms with Gasteiger partial charge in [0.2, 0.25) is 0 Å². The molecule has 2 rings (SSSR count). The molecule has 0 bridgehead atoms. The fraction of sp³-hybridized carbons (Fsp3) is 0.500. The number of ether oxygens (including phenoxy) is 2. The summed E-state index contributed by atoms with van der Waals surface area (Å²) in [5.41, 5.74) is 7.60. The minimum absolute atomic E-state index is 0.0572. The molecular weight excluding hydrogens is 280 g/mol. The number of hydrogen-bond donors (Lipinski definition) is 1. The molecule has 0 saturated heterocycles. The van der Waals surface area contributed by atoms with Gasteiger partial charge in [-0.15, -0.1) is 5.10 Å². The summed E-state index contributed by atoms with van der Waals surface area (Å²) in [5, 5.41) is 8.36. The Morgan fingerprint density at radius 1 is 1.14 bits per heavy atom. The quantitative estimate of drug-likeness (QED) is 0.884. The third-order valence-corrected chi connectivity index (χ3v) is 3.34. The van der Waals surface area contributed by atoms with Crippen LogP contribution in [-0.2, 0) is 18.5 Å². The molecule has 0 spiro atoms. The van der Waals surface area contributed by atoms with Crippen molar-refractivity contribution >= 4 is 0 Å². The van der Waals surface area contributed by atoms with Gasteiger partial charge >= 0.3 is 0 Å². The van der Waals surface area contributed by atoms with Gasteiger partial charge in [0.25, 0.3) is 0 Å². The Hall–Kier alpha value is -2.08. The van der Waals surface area contributed by atoms with Gasteiger partial charge in [-0.2, -0.15) is 0 Å². The van der Waals surface area contributed by atoms with E-state index in [0.29, 0.717) is 19.7 Å². The fourth-order valence-electron chi connectivity index (χ4n) is 2.39. The maximum atomic E-state index is 5.75. The number of nitrogens with two attached hydrogens (primary N) is 1. The number of hydrogen-bond acceptors (Lipinski definition) is 5. The molecule has 1 aromatic carbocycles. The van der Waals surface area contributed by atoms with Crippen molar-refractivity contribution in [2.24, 2.45) is 5.73 Å². The summed E-state index contributed by atoms with van der Waals surface area (Å²) < 4.78 is 12.7. The van der Waals surface area contributed by atoms with Gasteiger partial charge in [0.1, 0.15) is 18.1 Å². The van der Waals surface area contributed by atoms with Crippen molar-refractivity contribution in [3.8, 4) is 11.5 Å². The predicted molar refractivity (Wildman–Crippen MR) is 85.1 cm³/mol. The van der Waals surface area contributed by atoms with E-state index in [-0.39, 0.29) is 5.41 Å². The molecule has 0 radical (unpaired) electrons. The van der Waals surface area contributed by atoms with E-state index in [2.05, 4.69) is 31.1 Å². The van der Waals surface area contributed by atoms with Crippen LogP contribution in [0.25, 0.3) is 0 Å². The molecule has 22 heavy (non-hydrogen) atoms. The first-order valence-electron chi connectivity index (χ1n) is 7.35. The molecule has 6 heteroatoms. The van der Waals surface area contributed by atoms with E-state index in [1.54, 1.807) is 7.11 Å². The van der Waals surface area contributed by atoms with Crippen LogP contribution in [0, 0.1) is 0 Å². The highest BCUT2D eigenvalue weighted by Crippen LogP contribution is 2.24. The van der Waals surface area contributed by atoms with Gasteiger partial charge in [-0.25, -0.2) is 4.68 Å². The number of aromatic nitrogens is 3. The molecule has 0 unspecified atom stereocenters. The molecule has 0 fully saturated rings. The zero-order chi connectivity index (χ0) is 16.2. The smallest absolute Gasteiger partial charge is 0.119 e. The minimum Gasteiger partial charge on any atom is -0.497 e. The van der Waals surface area contributed by atoms with E-state index in [9.17, 15) is 0 Å². The number of benzene rings is 1. The van der Waals surface area contributed by atoms with E-state index in [1.165, 1.54) is 0 Å². The average Bonchev–Trinajstić information content (AvgIpc) is 2.91. The van der Waals surface area contributed by atoms with Crippen molar-refractivity contribution in [2.45, 2.75) is 39.3 Å². The summed E-state index contributed by atoms with van der Waals surface area (Å²) in [4.78, 5) is 0. The van der Waals surface area contributed by atoms with Gasteiger partial charge in [-0.3, -0.25) is 0 Å². The predicted octanol–water partition coefficient (Wildman–Crippen LogP) is 2.12. The minimum atomic E-state index is -0.0572. The molecule has 0 aliphatic rings. The monoisotopic (exact) mass is 304 g/mol. The Bertz CT molecular complexity index is 600. The van der Waals surface area contributed by atoms with E-state index in [4.69, 9.17) is 15.2 Å². The molecule has 0 aliphatic carbocycles. The summed E-state index contributed by atoms with van der Waals surface area (Å²) in [6.45, 7) is 7.93. The Morgan fingerprint density at radius 2 is 1.77 bits per heavy atom. The Balaban J connectivity index is 2.01. The molecule has 0 saturated carbocycles. The van der Waals surface area contributed by atoms with Gasteiger partial charge in [0.15, 0.2) is 0 Å². The lowest BCUT2D eigenvalue weighted by atomic mass is 9.90. The molecule has 2 N–H and O–H groups in total. The second kappa shape index (κ2) is 6.79. The number of nitrogens with zero attached hydrogens (tertiary/aromatic N) is 3. The van der Waals surface area contributed by atoms with Crippen LogP contribution in [0.2, 0.25) is 0 Å². The standard InChI is InChI=1S/C16H24N4O2/c1-16(2,3)15-14(11-17)18-19-20(15)9-10-22-13-7-5-12(21-4)6-8-13/h5-8H,9-11,17H2,1-4H3. The first kappa shape index (κ1) is 16.3. The molecule has 2 aromatic rings.